The molecule has 2 aromatic heterocycles. The highest BCUT2D eigenvalue weighted by Crippen LogP contribution is 2.16. The van der Waals surface area contributed by atoms with Gasteiger partial charge < -0.3 is 11.1 Å². The van der Waals surface area contributed by atoms with E-state index in [9.17, 15) is 4.79 Å². The number of aromatic nitrogens is 1. The Morgan fingerprint density at radius 3 is 3.11 bits per heavy atom. The summed E-state index contributed by atoms with van der Waals surface area (Å²) in [5.41, 5.74) is 6.06. The number of nitrogens with zero attached hydrogens (tertiary/aromatic N) is 1. The van der Waals surface area contributed by atoms with Crippen molar-refractivity contribution in [2.75, 3.05) is 6.54 Å². The van der Waals surface area contributed by atoms with Crippen LogP contribution < -0.4 is 11.1 Å². The molecule has 2 rings (SSSR count). The Morgan fingerprint density at radius 1 is 1.58 bits per heavy atom. The molecule has 0 saturated heterocycles. The zero-order valence-corrected chi connectivity index (χ0v) is 12.0. The monoisotopic (exact) mass is 291 g/mol. The molecule has 1 amide bonds. The van der Waals surface area contributed by atoms with Crippen LogP contribution in [0.25, 0.3) is 0 Å². The molecule has 0 saturated carbocycles. The molecule has 0 aliphatic heterocycles. The predicted octanol–water partition coefficient (Wildman–Crippen LogP) is 1.75. The highest BCUT2D eigenvalue weighted by molar-refractivity contribution is 7.12. The Hall–Kier alpha value is -1.68. The molecule has 0 aliphatic carbocycles. The Morgan fingerprint density at radius 2 is 2.42 bits per heavy atom. The topological polar surface area (TPSA) is 68.0 Å². The highest BCUT2D eigenvalue weighted by Gasteiger charge is 2.11. The average molecular weight is 291 g/mol. The minimum Gasteiger partial charge on any atom is -0.346 e. The first-order valence-corrected chi connectivity index (χ1v) is 7.36. The summed E-state index contributed by atoms with van der Waals surface area (Å²) in [7, 11) is 0. The number of thiazole rings is 1. The second kappa shape index (κ2) is 6.48. The van der Waals surface area contributed by atoms with Crippen LogP contribution in [-0.4, -0.2) is 17.4 Å². The molecule has 6 heteroatoms. The van der Waals surface area contributed by atoms with Gasteiger partial charge in [-0.05, 0) is 18.4 Å². The van der Waals surface area contributed by atoms with Gasteiger partial charge in [0.2, 0.25) is 0 Å². The maximum absolute atomic E-state index is 12.1. The van der Waals surface area contributed by atoms with Crippen molar-refractivity contribution in [2.24, 2.45) is 5.73 Å². The number of rotatable bonds is 3. The Balaban J connectivity index is 2.02. The number of nitrogens with one attached hydrogen (secondary N) is 1. The van der Waals surface area contributed by atoms with Gasteiger partial charge in [-0.15, -0.1) is 22.7 Å². The molecule has 0 atom stereocenters. The summed E-state index contributed by atoms with van der Waals surface area (Å²) in [6, 6.07) is 1.83. The van der Waals surface area contributed by atoms with Gasteiger partial charge in [-0.1, -0.05) is 11.8 Å². The first-order valence-electron chi connectivity index (χ1n) is 5.66. The first kappa shape index (κ1) is 13.7. The minimum absolute atomic E-state index is 0.109. The number of hydrogen-bond donors (Lipinski definition) is 2. The van der Waals surface area contributed by atoms with Crippen LogP contribution in [0, 0.1) is 18.8 Å². The molecule has 0 aliphatic rings. The molecule has 3 N–H and O–H groups in total. The van der Waals surface area contributed by atoms with Gasteiger partial charge in [-0.3, -0.25) is 4.79 Å². The molecular formula is C13H13N3OS2. The number of amides is 1. The van der Waals surface area contributed by atoms with E-state index < -0.39 is 0 Å². The van der Waals surface area contributed by atoms with E-state index in [1.54, 1.807) is 17.5 Å². The summed E-state index contributed by atoms with van der Waals surface area (Å²) in [5, 5.41) is 5.72. The van der Waals surface area contributed by atoms with Crippen molar-refractivity contribution in [1.29, 1.82) is 0 Å². The zero-order valence-electron chi connectivity index (χ0n) is 10.4. The molecule has 0 unspecified atom stereocenters. The van der Waals surface area contributed by atoms with Gasteiger partial charge in [0.25, 0.3) is 5.91 Å². The molecular weight excluding hydrogens is 278 g/mol. The van der Waals surface area contributed by atoms with Crippen molar-refractivity contribution in [3.8, 4) is 11.8 Å². The average Bonchev–Trinajstić information content (AvgIpc) is 3.02. The Bertz CT molecular complexity index is 634. The Labute approximate surface area is 119 Å². The fourth-order valence-electron chi connectivity index (χ4n) is 1.46. The summed E-state index contributed by atoms with van der Waals surface area (Å²) < 4.78 is 0. The van der Waals surface area contributed by atoms with E-state index in [1.807, 2.05) is 18.4 Å². The molecule has 98 valence electrons. The number of carbonyl (C=O) groups is 1. The van der Waals surface area contributed by atoms with E-state index in [0.717, 1.165) is 15.4 Å². The van der Waals surface area contributed by atoms with Gasteiger partial charge in [0.05, 0.1) is 18.1 Å². The predicted molar refractivity (Wildman–Crippen MR) is 78.3 cm³/mol. The van der Waals surface area contributed by atoms with Crippen LogP contribution in [0.5, 0.6) is 0 Å². The number of aryl methyl sites for hydroxylation is 1. The summed E-state index contributed by atoms with van der Waals surface area (Å²) in [6.07, 6.45) is 1.78. The SMILES string of the molecule is Cc1ncc(CNC(=O)c2sccc2C#CCN)s1. The second-order valence-corrected chi connectivity index (χ2v) is 5.93. The second-order valence-electron chi connectivity index (χ2n) is 3.70. The van der Waals surface area contributed by atoms with Crippen LogP contribution in [0.3, 0.4) is 0 Å². The number of nitrogens with two attached hydrogens (primary N) is 1. The van der Waals surface area contributed by atoms with Crippen molar-refractivity contribution >= 4 is 28.6 Å². The quantitative estimate of drug-likeness (QED) is 0.847. The van der Waals surface area contributed by atoms with Crippen molar-refractivity contribution in [3.05, 3.63) is 38.0 Å². The molecule has 4 nitrogen and oxygen atoms in total. The van der Waals surface area contributed by atoms with Crippen LogP contribution in [0.1, 0.15) is 25.1 Å². The molecule has 0 aromatic carbocycles. The van der Waals surface area contributed by atoms with E-state index in [-0.39, 0.29) is 12.5 Å². The molecule has 19 heavy (non-hydrogen) atoms. The van der Waals surface area contributed by atoms with Crippen LogP contribution in [0.2, 0.25) is 0 Å². The van der Waals surface area contributed by atoms with E-state index in [2.05, 4.69) is 22.1 Å². The largest absolute Gasteiger partial charge is 0.346 e. The summed E-state index contributed by atoms with van der Waals surface area (Å²) in [5.74, 6) is 5.55. The molecule has 0 radical (unpaired) electrons. The molecule has 0 fully saturated rings. The smallest absolute Gasteiger partial charge is 0.262 e. The molecule has 2 aromatic rings. The van der Waals surface area contributed by atoms with Crippen LogP contribution in [0.15, 0.2) is 17.6 Å². The fraction of sp³-hybridized carbons (Fsp3) is 0.231. The van der Waals surface area contributed by atoms with Crippen molar-refractivity contribution in [1.82, 2.24) is 10.3 Å². The maximum Gasteiger partial charge on any atom is 0.262 e. The third kappa shape index (κ3) is 3.64. The van der Waals surface area contributed by atoms with Crippen LogP contribution in [0.4, 0.5) is 0 Å². The van der Waals surface area contributed by atoms with Crippen LogP contribution >= 0.6 is 22.7 Å². The highest BCUT2D eigenvalue weighted by atomic mass is 32.1. The van der Waals surface area contributed by atoms with E-state index >= 15 is 0 Å². The van der Waals surface area contributed by atoms with Gasteiger partial charge in [0.15, 0.2) is 0 Å². The fourth-order valence-corrected chi connectivity index (χ4v) is 2.96. The summed E-state index contributed by atoms with van der Waals surface area (Å²) >= 11 is 2.96. The lowest BCUT2D eigenvalue weighted by molar-refractivity contribution is 0.0955. The lowest BCUT2D eigenvalue weighted by atomic mass is 10.2. The van der Waals surface area contributed by atoms with Gasteiger partial charge in [0, 0.05) is 16.6 Å². The van der Waals surface area contributed by atoms with Gasteiger partial charge >= 0.3 is 0 Å². The molecule has 0 bridgehead atoms. The normalized spacial score (nSPS) is 9.79. The zero-order chi connectivity index (χ0) is 13.7. The lowest BCUT2D eigenvalue weighted by Crippen LogP contribution is -2.22. The van der Waals surface area contributed by atoms with Crippen molar-refractivity contribution in [2.45, 2.75) is 13.5 Å². The van der Waals surface area contributed by atoms with E-state index in [1.165, 1.54) is 11.3 Å². The number of thiophene rings is 1. The number of hydrogen-bond acceptors (Lipinski definition) is 5. The molecule has 0 spiro atoms. The third-order valence-corrected chi connectivity index (χ3v) is 4.11. The van der Waals surface area contributed by atoms with Gasteiger partial charge in [-0.25, -0.2) is 4.98 Å². The summed E-state index contributed by atoms with van der Waals surface area (Å²) in [6.45, 7) is 2.72. The Kier molecular flexibility index (Phi) is 4.68. The maximum atomic E-state index is 12.1. The third-order valence-electron chi connectivity index (χ3n) is 2.29. The minimum atomic E-state index is -0.109. The lowest BCUT2D eigenvalue weighted by Gasteiger charge is -2.01. The van der Waals surface area contributed by atoms with Crippen molar-refractivity contribution < 1.29 is 4.79 Å². The van der Waals surface area contributed by atoms with Crippen molar-refractivity contribution in [3.63, 3.8) is 0 Å². The van der Waals surface area contributed by atoms with Gasteiger partial charge in [-0.2, -0.15) is 0 Å². The van der Waals surface area contributed by atoms with Gasteiger partial charge in [0.1, 0.15) is 4.88 Å². The van der Waals surface area contributed by atoms with E-state index in [4.69, 9.17) is 5.73 Å². The van der Waals surface area contributed by atoms with E-state index in [0.29, 0.717) is 11.4 Å². The molecule has 2 heterocycles. The number of carbonyl (C=O) groups excluding carboxylic acids is 1. The summed E-state index contributed by atoms with van der Waals surface area (Å²) in [4.78, 5) is 17.9. The first-order chi connectivity index (χ1) is 9.20. The standard InChI is InChI=1S/C13H13N3OS2/c1-9-15-7-11(19-9)8-16-13(17)12-10(3-2-5-14)4-6-18-12/h4,6-7H,5,8,14H2,1H3,(H,16,17). The van der Waals surface area contributed by atoms with Crippen LogP contribution in [-0.2, 0) is 6.54 Å².